The fraction of sp³-hybridized carbons (Fsp3) is 0.625. The lowest BCUT2D eigenvalue weighted by atomic mass is 9.68. The molecule has 1 amide bonds. The maximum Gasteiger partial charge on any atom is 0.253 e. The van der Waals surface area contributed by atoms with Gasteiger partial charge in [-0.25, -0.2) is 13.1 Å². The molecule has 3 atom stereocenters. The van der Waals surface area contributed by atoms with Gasteiger partial charge in [-0.2, -0.15) is 0 Å². The summed E-state index contributed by atoms with van der Waals surface area (Å²) in [5, 5.41) is 4.33. The molecule has 0 radical (unpaired) electrons. The summed E-state index contributed by atoms with van der Waals surface area (Å²) in [5.41, 5.74) is 3.76. The van der Waals surface area contributed by atoms with E-state index in [2.05, 4.69) is 46.7 Å². The predicted octanol–water partition coefficient (Wildman–Crippen LogP) is 4.51. The molecule has 0 aliphatic heterocycles. The average molecular weight is 525 g/mol. The van der Waals surface area contributed by atoms with Crippen LogP contribution in [0.5, 0.6) is 0 Å². The van der Waals surface area contributed by atoms with Crippen LogP contribution in [0.2, 0.25) is 0 Å². The number of hydrogen-bond donors (Lipinski definition) is 2. The average Bonchev–Trinajstić information content (AvgIpc) is 3.26. The molecule has 8 heteroatoms. The van der Waals surface area contributed by atoms with Crippen molar-refractivity contribution in [3.8, 4) is 0 Å². The van der Waals surface area contributed by atoms with Gasteiger partial charge >= 0.3 is 0 Å². The molecule has 0 spiro atoms. The Morgan fingerprint density at radius 2 is 1.94 bits per heavy atom. The number of aryl methyl sites for hydroxylation is 1. The first-order valence-corrected chi connectivity index (χ1v) is 14.0. The Labute approximate surface area is 199 Å². The van der Waals surface area contributed by atoms with Gasteiger partial charge in [0.1, 0.15) is 0 Å². The van der Waals surface area contributed by atoms with E-state index in [1.54, 1.807) is 0 Å². The Balaban J connectivity index is 1.73. The zero-order chi connectivity index (χ0) is 23.6. The summed E-state index contributed by atoms with van der Waals surface area (Å²) in [6.07, 6.45) is 4.74. The van der Waals surface area contributed by atoms with E-state index in [-0.39, 0.29) is 29.3 Å². The summed E-state index contributed by atoms with van der Waals surface area (Å²) in [5.74, 6) is 0.615. The number of nitrogens with zero attached hydrogens (tertiary/aromatic N) is 1. The number of nitrogens with one attached hydrogen (secondary N) is 2. The molecule has 32 heavy (non-hydrogen) atoms. The van der Waals surface area contributed by atoms with Gasteiger partial charge in [0.15, 0.2) is 0 Å². The van der Waals surface area contributed by atoms with Crippen molar-refractivity contribution in [2.75, 3.05) is 12.8 Å². The molecule has 3 unspecified atom stereocenters. The molecule has 0 saturated heterocycles. The second kappa shape index (κ2) is 7.84. The molecule has 1 heterocycles. The quantitative estimate of drug-likeness (QED) is 0.584. The minimum Gasteiger partial charge on any atom is -0.348 e. The molecule has 2 aromatic rings. The van der Waals surface area contributed by atoms with E-state index in [0.717, 1.165) is 39.3 Å². The third-order valence-corrected chi connectivity index (χ3v) is 9.82. The number of fused-ring (bicyclic) bond motifs is 3. The highest BCUT2D eigenvalue weighted by molar-refractivity contribution is 9.10. The van der Waals surface area contributed by atoms with Gasteiger partial charge < -0.3 is 9.88 Å². The Hall–Kier alpha value is -1.38. The van der Waals surface area contributed by atoms with E-state index >= 15 is 0 Å². The van der Waals surface area contributed by atoms with E-state index < -0.39 is 10.0 Å². The third kappa shape index (κ3) is 3.82. The van der Waals surface area contributed by atoms with Crippen LogP contribution in [0.3, 0.4) is 0 Å². The second-order valence-corrected chi connectivity index (χ2v) is 13.3. The van der Waals surface area contributed by atoms with Crippen LogP contribution in [-0.4, -0.2) is 37.7 Å². The zero-order valence-corrected chi connectivity index (χ0v) is 22.2. The van der Waals surface area contributed by atoms with Crippen LogP contribution in [0.4, 0.5) is 0 Å². The molecule has 1 aromatic heterocycles. The van der Waals surface area contributed by atoms with E-state index in [9.17, 15) is 13.2 Å². The number of halogens is 1. The minimum absolute atomic E-state index is 0.0371. The maximum absolute atomic E-state index is 13.7. The maximum atomic E-state index is 13.7. The molecule has 6 nitrogen and oxygen atoms in total. The first kappa shape index (κ1) is 23.8. The van der Waals surface area contributed by atoms with Crippen LogP contribution < -0.4 is 10.0 Å². The highest BCUT2D eigenvalue weighted by Gasteiger charge is 2.59. The molecule has 2 aliphatic rings. The zero-order valence-electron chi connectivity index (χ0n) is 19.8. The lowest BCUT2D eigenvalue weighted by molar-refractivity contribution is 0.0738. The molecule has 2 saturated carbocycles. The van der Waals surface area contributed by atoms with Crippen molar-refractivity contribution in [1.29, 1.82) is 0 Å². The van der Waals surface area contributed by atoms with E-state index in [1.807, 2.05) is 30.5 Å². The van der Waals surface area contributed by atoms with E-state index in [0.29, 0.717) is 18.0 Å². The van der Waals surface area contributed by atoms with Crippen LogP contribution in [0.25, 0.3) is 10.9 Å². The first-order chi connectivity index (χ1) is 14.8. The number of sulfonamides is 1. The molecule has 2 aliphatic carbocycles. The molecule has 1 aromatic carbocycles. The van der Waals surface area contributed by atoms with Gasteiger partial charge in [-0.15, -0.1) is 0 Å². The summed E-state index contributed by atoms with van der Waals surface area (Å²) >= 11 is 3.71. The number of carbonyl (C=O) groups excluding carboxylic acids is 1. The Bertz CT molecular complexity index is 1200. The van der Waals surface area contributed by atoms with Gasteiger partial charge in [0.25, 0.3) is 5.91 Å². The van der Waals surface area contributed by atoms with Gasteiger partial charge in [0.2, 0.25) is 10.0 Å². The number of rotatable bonds is 6. The molecule has 2 fully saturated rings. The molecule has 176 valence electrons. The molecular weight excluding hydrogens is 490 g/mol. The van der Waals surface area contributed by atoms with Gasteiger partial charge in [-0.05, 0) is 71.4 Å². The Morgan fingerprint density at radius 3 is 2.53 bits per heavy atom. The minimum atomic E-state index is -3.28. The van der Waals surface area contributed by atoms with Crippen molar-refractivity contribution in [1.82, 2.24) is 14.6 Å². The molecular formula is C24H34BrN3O3S. The van der Waals surface area contributed by atoms with Crippen LogP contribution in [0.15, 0.2) is 16.6 Å². The Morgan fingerprint density at radius 1 is 1.25 bits per heavy atom. The third-order valence-electron chi connectivity index (χ3n) is 8.09. The van der Waals surface area contributed by atoms with Gasteiger partial charge in [0.05, 0.1) is 17.3 Å². The predicted molar refractivity (Wildman–Crippen MR) is 132 cm³/mol. The summed E-state index contributed by atoms with van der Waals surface area (Å²) in [4.78, 5) is 13.7. The smallest absolute Gasteiger partial charge is 0.253 e. The fourth-order valence-corrected chi connectivity index (χ4v) is 7.42. The first-order valence-electron chi connectivity index (χ1n) is 11.3. The summed E-state index contributed by atoms with van der Waals surface area (Å²) in [6.45, 7) is 11.6. The van der Waals surface area contributed by atoms with Crippen LogP contribution in [-0.2, 0) is 16.6 Å². The lowest BCUT2D eigenvalue weighted by Crippen LogP contribution is -2.52. The number of aromatic nitrogens is 1. The number of carbonyl (C=O) groups is 1. The van der Waals surface area contributed by atoms with E-state index in [4.69, 9.17) is 0 Å². The van der Waals surface area contributed by atoms with Gasteiger partial charge in [0, 0.05) is 34.7 Å². The summed E-state index contributed by atoms with van der Waals surface area (Å²) < 4.78 is 28.7. The standard InChI is InChI=1S/C24H34BrN3O3S/c1-14-7-8-17-18(15(2)28(20(17)19(14)25)12-11-26-32(6,30)31)21(29)27-22-23(3,4)16-9-10-24(22,5)13-16/h7-8,16,22,26H,9-13H2,1-6H3,(H,27,29). The lowest BCUT2D eigenvalue weighted by Gasteiger charge is -2.43. The van der Waals surface area contributed by atoms with Crippen molar-refractivity contribution in [3.05, 3.63) is 33.4 Å². The van der Waals surface area contributed by atoms with Crippen LogP contribution >= 0.6 is 15.9 Å². The second-order valence-electron chi connectivity index (χ2n) is 10.7. The van der Waals surface area contributed by atoms with Crippen molar-refractivity contribution < 1.29 is 13.2 Å². The highest BCUT2D eigenvalue weighted by atomic mass is 79.9. The molecule has 4 rings (SSSR count). The normalized spacial score (nSPS) is 26.7. The largest absolute Gasteiger partial charge is 0.348 e. The van der Waals surface area contributed by atoms with Crippen molar-refractivity contribution >= 4 is 42.8 Å². The van der Waals surface area contributed by atoms with Crippen molar-refractivity contribution in [3.63, 3.8) is 0 Å². The van der Waals surface area contributed by atoms with Crippen molar-refractivity contribution in [2.45, 2.75) is 66.5 Å². The topological polar surface area (TPSA) is 80.2 Å². The summed E-state index contributed by atoms with van der Waals surface area (Å²) in [7, 11) is -3.28. The van der Waals surface area contributed by atoms with Gasteiger partial charge in [-0.1, -0.05) is 32.9 Å². The Kier molecular flexibility index (Phi) is 5.82. The number of amides is 1. The van der Waals surface area contributed by atoms with Crippen LogP contribution in [0.1, 0.15) is 61.6 Å². The SMILES string of the molecule is Cc1ccc2c(C(=O)NC3C4(C)CCC(C4)C3(C)C)c(C)n(CCNS(C)(=O)=O)c2c1Br. The number of hydrogen-bond acceptors (Lipinski definition) is 3. The van der Waals surface area contributed by atoms with Crippen molar-refractivity contribution in [2.24, 2.45) is 16.7 Å². The van der Waals surface area contributed by atoms with E-state index in [1.165, 1.54) is 12.8 Å². The van der Waals surface area contributed by atoms with Gasteiger partial charge in [-0.3, -0.25) is 4.79 Å². The monoisotopic (exact) mass is 523 g/mol. The summed E-state index contributed by atoms with van der Waals surface area (Å²) in [6, 6.07) is 4.16. The molecule has 2 N–H and O–H groups in total. The highest BCUT2D eigenvalue weighted by Crippen LogP contribution is 2.62. The molecule has 2 bridgehead atoms. The fourth-order valence-electron chi connectivity index (χ4n) is 6.40. The van der Waals surface area contributed by atoms with Crippen LogP contribution in [0, 0.1) is 30.6 Å². The number of benzene rings is 1.